The van der Waals surface area contributed by atoms with Gasteiger partial charge in [0.15, 0.2) is 5.78 Å². The van der Waals surface area contributed by atoms with Crippen LogP contribution in [0.3, 0.4) is 0 Å². The molecule has 2 N–H and O–H groups in total. The predicted octanol–water partition coefficient (Wildman–Crippen LogP) is 3.57. The van der Waals surface area contributed by atoms with E-state index in [9.17, 15) is 4.79 Å². The molecule has 6 nitrogen and oxygen atoms in total. The second kappa shape index (κ2) is 7.99. The number of nitrogens with zero attached hydrogens (tertiary/aromatic N) is 4. The van der Waals surface area contributed by atoms with Crippen molar-refractivity contribution < 1.29 is 4.79 Å². The molecule has 3 heterocycles. The summed E-state index contributed by atoms with van der Waals surface area (Å²) < 4.78 is 0. The average Bonchev–Trinajstić information content (AvgIpc) is 2.74. The van der Waals surface area contributed by atoms with Gasteiger partial charge in [0, 0.05) is 49.5 Å². The molecule has 148 valence electrons. The third kappa shape index (κ3) is 4.26. The van der Waals surface area contributed by atoms with Gasteiger partial charge < -0.3 is 10.6 Å². The van der Waals surface area contributed by atoms with Gasteiger partial charge in [0.05, 0.1) is 5.69 Å². The van der Waals surface area contributed by atoms with Crippen molar-refractivity contribution in [2.24, 2.45) is 0 Å². The molecular formula is C23H25N5O. The van der Waals surface area contributed by atoms with Gasteiger partial charge in [-0.1, -0.05) is 38.1 Å². The van der Waals surface area contributed by atoms with E-state index in [2.05, 4.69) is 45.8 Å². The van der Waals surface area contributed by atoms with Crippen molar-refractivity contribution in [2.45, 2.75) is 39.2 Å². The van der Waals surface area contributed by atoms with Gasteiger partial charge in [-0.3, -0.25) is 4.79 Å². The first-order chi connectivity index (χ1) is 14.0. The first kappa shape index (κ1) is 19.1. The Labute approximate surface area is 170 Å². The number of aromatic nitrogens is 3. The van der Waals surface area contributed by atoms with E-state index in [-0.39, 0.29) is 5.78 Å². The summed E-state index contributed by atoms with van der Waals surface area (Å²) in [6.45, 7) is 5.78. The van der Waals surface area contributed by atoms with Crippen molar-refractivity contribution in [1.29, 1.82) is 0 Å². The fourth-order valence-corrected chi connectivity index (χ4v) is 3.60. The van der Waals surface area contributed by atoms with Gasteiger partial charge in [-0.15, -0.1) is 0 Å². The zero-order valence-corrected chi connectivity index (χ0v) is 16.8. The maximum Gasteiger partial charge on any atom is 0.220 e. The van der Waals surface area contributed by atoms with Gasteiger partial charge in [0.1, 0.15) is 5.82 Å². The summed E-state index contributed by atoms with van der Waals surface area (Å²) in [4.78, 5) is 27.9. The Kier molecular flexibility index (Phi) is 5.25. The number of carbonyl (C=O) groups excluding carboxylic acids is 1. The first-order valence-corrected chi connectivity index (χ1v) is 9.93. The van der Waals surface area contributed by atoms with Crippen LogP contribution in [0, 0.1) is 0 Å². The summed E-state index contributed by atoms with van der Waals surface area (Å²) in [5.74, 6) is 1.69. The number of hydrogen-bond acceptors (Lipinski definition) is 6. The lowest BCUT2D eigenvalue weighted by Crippen LogP contribution is -2.32. The molecule has 29 heavy (non-hydrogen) atoms. The summed E-state index contributed by atoms with van der Waals surface area (Å²) in [6.07, 6.45) is 4.65. The van der Waals surface area contributed by atoms with E-state index in [1.54, 1.807) is 18.5 Å². The van der Waals surface area contributed by atoms with Crippen LogP contribution >= 0.6 is 0 Å². The maximum absolute atomic E-state index is 12.8. The SMILES string of the molecule is CC(C)c1ccc(CC(=O)c2ccnc(N3CCc4nc(N)ncc4C3)c2)cc1. The molecule has 1 aliphatic rings. The number of rotatable bonds is 5. The highest BCUT2D eigenvalue weighted by atomic mass is 16.1. The number of anilines is 2. The van der Waals surface area contributed by atoms with Crippen LogP contribution in [0.1, 0.15) is 52.5 Å². The van der Waals surface area contributed by atoms with Crippen molar-refractivity contribution in [3.05, 3.63) is 76.7 Å². The van der Waals surface area contributed by atoms with Gasteiger partial charge in [-0.25, -0.2) is 15.0 Å². The Morgan fingerprint density at radius 1 is 1.17 bits per heavy atom. The zero-order chi connectivity index (χ0) is 20.4. The molecule has 0 saturated carbocycles. The number of nitrogen functional groups attached to an aromatic ring is 1. The second-order valence-corrected chi connectivity index (χ2v) is 7.77. The third-order valence-electron chi connectivity index (χ3n) is 5.36. The minimum absolute atomic E-state index is 0.0967. The van der Waals surface area contributed by atoms with Crippen LogP contribution in [0.15, 0.2) is 48.8 Å². The highest BCUT2D eigenvalue weighted by Gasteiger charge is 2.20. The van der Waals surface area contributed by atoms with Crippen LogP contribution in [-0.2, 0) is 19.4 Å². The molecule has 4 rings (SSSR count). The number of hydrogen-bond donors (Lipinski definition) is 1. The minimum Gasteiger partial charge on any atom is -0.368 e. The van der Waals surface area contributed by atoms with E-state index >= 15 is 0 Å². The van der Waals surface area contributed by atoms with Gasteiger partial charge in [-0.2, -0.15) is 0 Å². The van der Waals surface area contributed by atoms with E-state index < -0.39 is 0 Å². The smallest absolute Gasteiger partial charge is 0.220 e. The monoisotopic (exact) mass is 387 g/mol. The molecule has 1 aromatic carbocycles. The Morgan fingerprint density at radius 2 is 1.97 bits per heavy atom. The lowest BCUT2D eigenvalue weighted by molar-refractivity contribution is 0.0993. The molecule has 2 aromatic heterocycles. The molecule has 0 unspecified atom stereocenters. The second-order valence-electron chi connectivity index (χ2n) is 7.77. The normalized spacial score (nSPS) is 13.4. The Morgan fingerprint density at radius 3 is 2.72 bits per heavy atom. The molecular weight excluding hydrogens is 362 g/mol. The molecule has 3 aromatic rings. The average molecular weight is 387 g/mol. The first-order valence-electron chi connectivity index (χ1n) is 9.93. The van der Waals surface area contributed by atoms with Gasteiger partial charge >= 0.3 is 0 Å². The highest BCUT2D eigenvalue weighted by molar-refractivity contribution is 5.98. The van der Waals surface area contributed by atoms with Crippen LogP contribution in [0.25, 0.3) is 0 Å². The van der Waals surface area contributed by atoms with E-state index in [0.29, 0.717) is 30.4 Å². The number of fused-ring (bicyclic) bond motifs is 1. The summed E-state index contributed by atoms with van der Waals surface area (Å²) in [6, 6.07) is 12.0. The van der Waals surface area contributed by atoms with Crippen molar-refractivity contribution in [3.63, 3.8) is 0 Å². The molecule has 0 spiro atoms. The Bertz CT molecular complexity index is 1030. The summed E-state index contributed by atoms with van der Waals surface area (Å²) in [5, 5.41) is 0. The Hall–Kier alpha value is -3.28. The third-order valence-corrected chi connectivity index (χ3v) is 5.36. The minimum atomic E-state index is 0.0967. The zero-order valence-electron chi connectivity index (χ0n) is 16.8. The molecule has 0 radical (unpaired) electrons. The van der Waals surface area contributed by atoms with Crippen LogP contribution < -0.4 is 10.6 Å². The van der Waals surface area contributed by atoms with Crippen molar-refractivity contribution in [1.82, 2.24) is 15.0 Å². The lowest BCUT2D eigenvalue weighted by atomic mass is 9.98. The van der Waals surface area contributed by atoms with Gasteiger partial charge in [0.25, 0.3) is 0 Å². The predicted molar refractivity (Wildman–Crippen MR) is 114 cm³/mol. The van der Waals surface area contributed by atoms with Crippen molar-refractivity contribution in [2.75, 3.05) is 17.2 Å². The molecule has 1 aliphatic heterocycles. The number of carbonyl (C=O) groups is 1. The van der Waals surface area contributed by atoms with Gasteiger partial charge in [-0.05, 0) is 29.2 Å². The molecule has 0 aliphatic carbocycles. The summed E-state index contributed by atoms with van der Waals surface area (Å²) >= 11 is 0. The largest absolute Gasteiger partial charge is 0.368 e. The molecule has 6 heteroatoms. The fraction of sp³-hybridized carbons (Fsp3) is 0.304. The number of benzene rings is 1. The standard InChI is InChI=1S/C23H25N5O/c1-15(2)17-5-3-16(4-6-17)11-21(29)18-7-9-25-22(12-18)28-10-8-20-19(14-28)13-26-23(24)27-20/h3-7,9,12-13,15H,8,10-11,14H2,1-2H3,(H2,24,26,27). The van der Waals surface area contributed by atoms with Gasteiger partial charge in [0.2, 0.25) is 5.95 Å². The van der Waals surface area contributed by atoms with E-state index in [0.717, 1.165) is 35.6 Å². The number of Topliss-reactive ketones (excluding diaryl/α,β-unsaturated/α-hetero) is 1. The number of nitrogens with two attached hydrogens (primary N) is 1. The van der Waals surface area contributed by atoms with Crippen molar-refractivity contribution in [3.8, 4) is 0 Å². The lowest BCUT2D eigenvalue weighted by Gasteiger charge is -2.29. The highest BCUT2D eigenvalue weighted by Crippen LogP contribution is 2.23. The maximum atomic E-state index is 12.8. The summed E-state index contributed by atoms with van der Waals surface area (Å²) in [5.41, 5.74) is 10.7. The summed E-state index contributed by atoms with van der Waals surface area (Å²) in [7, 11) is 0. The van der Waals surface area contributed by atoms with Crippen LogP contribution in [0.5, 0.6) is 0 Å². The van der Waals surface area contributed by atoms with E-state index in [1.807, 2.05) is 18.2 Å². The number of ketones is 1. The van der Waals surface area contributed by atoms with Crippen LogP contribution in [0.2, 0.25) is 0 Å². The van der Waals surface area contributed by atoms with Crippen LogP contribution in [0.4, 0.5) is 11.8 Å². The van der Waals surface area contributed by atoms with Crippen LogP contribution in [-0.4, -0.2) is 27.3 Å². The molecule has 0 atom stereocenters. The number of pyridine rings is 1. The molecule has 0 bridgehead atoms. The molecule has 0 saturated heterocycles. The van der Waals surface area contributed by atoms with E-state index in [1.165, 1.54) is 5.56 Å². The van der Waals surface area contributed by atoms with Crippen molar-refractivity contribution >= 4 is 17.5 Å². The molecule has 0 amide bonds. The Balaban J connectivity index is 1.48. The fourth-order valence-electron chi connectivity index (χ4n) is 3.60. The topological polar surface area (TPSA) is 85.0 Å². The quantitative estimate of drug-likeness (QED) is 0.674. The van der Waals surface area contributed by atoms with E-state index in [4.69, 9.17) is 5.73 Å². The molecule has 0 fully saturated rings.